The molecule has 9 heteroatoms. The maximum absolute atomic E-state index is 12.9. The molecule has 1 aromatic carbocycles. The van der Waals surface area contributed by atoms with Gasteiger partial charge in [-0.1, -0.05) is 23.0 Å². The first kappa shape index (κ1) is 15.0. The van der Waals surface area contributed by atoms with Crippen LogP contribution >= 0.6 is 23.1 Å². The molecule has 0 amide bonds. The number of benzene rings is 1. The van der Waals surface area contributed by atoms with Crippen LogP contribution < -0.4 is 0 Å². The Morgan fingerprint density at radius 2 is 2.04 bits per heavy atom. The van der Waals surface area contributed by atoms with Gasteiger partial charge in [0.1, 0.15) is 5.82 Å². The van der Waals surface area contributed by atoms with Crippen molar-refractivity contribution in [1.82, 2.24) is 25.3 Å². The van der Waals surface area contributed by atoms with Gasteiger partial charge in [0.05, 0.1) is 10.6 Å². The number of aromatic amines is 1. The van der Waals surface area contributed by atoms with Crippen LogP contribution in [-0.2, 0) is 5.75 Å². The Hall–Kier alpha value is -2.52. The van der Waals surface area contributed by atoms with E-state index in [2.05, 4.69) is 25.3 Å². The van der Waals surface area contributed by atoms with Crippen LogP contribution in [0.3, 0.4) is 0 Å². The van der Waals surface area contributed by atoms with E-state index in [4.69, 9.17) is 4.52 Å². The van der Waals surface area contributed by atoms with Crippen molar-refractivity contribution in [3.05, 3.63) is 53.4 Å². The molecule has 0 aliphatic carbocycles. The molecule has 0 spiro atoms. The van der Waals surface area contributed by atoms with Crippen LogP contribution in [0, 0.1) is 5.82 Å². The van der Waals surface area contributed by atoms with Crippen molar-refractivity contribution in [2.45, 2.75) is 10.9 Å². The third-order valence-corrected chi connectivity index (χ3v) is 4.83. The molecular formula is C15H10FN5OS2. The van der Waals surface area contributed by atoms with Crippen LogP contribution in [0.25, 0.3) is 22.2 Å². The number of hydrogen-bond donors (Lipinski definition) is 1. The number of hydrogen-bond acceptors (Lipinski definition) is 7. The largest absolute Gasteiger partial charge is 0.334 e. The second-order valence-electron chi connectivity index (χ2n) is 4.76. The lowest BCUT2D eigenvalue weighted by Crippen LogP contribution is -1.85. The molecule has 3 aromatic heterocycles. The molecule has 0 aliphatic heterocycles. The molecule has 120 valence electrons. The fraction of sp³-hybridized carbons (Fsp3) is 0.0667. The summed E-state index contributed by atoms with van der Waals surface area (Å²) in [5.74, 6) is 1.81. The van der Waals surface area contributed by atoms with Crippen LogP contribution in [0.5, 0.6) is 0 Å². The summed E-state index contributed by atoms with van der Waals surface area (Å²) in [5.41, 5.74) is 0.679. The summed E-state index contributed by atoms with van der Waals surface area (Å²) in [5, 5.41) is 13.6. The van der Waals surface area contributed by atoms with Gasteiger partial charge in [-0.15, -0.1) is 16.4 Å². The molecule has 6 nitrogen and oxygen atoms in total. The topological polar surface area (TPSA) is 80.5 Å². The molecule has 24 heavy (non-hydrogen) atoms. The SMILES string of the molecule is Fc1ccc(-c2nc(CSc3n[nH]c(-c4cccs4)n3)no2)cc1. The van der Waals surface area contributed by atoms with E-state index in [1.807, 2.05) is 17.5 Å². The van der Waals surface area contributed by atoms with Crippen LogP contribution in [0.2, 0.25) is 0 Å². The maximum atomic E-state index is 12.9. The third kappa shape index (κ3) is 3.22. The van der Waals surface area contributed by atoms with Gasteiger partial charge in [0.25, 0.3) is 5.89 Å². The quantitative estimate of drug-likeness (QED) is 0.542. The van der Waals surface area contributed by atoms with E-state index in [9.17, 15) is 4.39 Å². The first-order valence-corrected chi connectivity index (χ1v) is 8.82. The van der Waals surface area contributed by atoms with E-state index in [1.165, 1.54) is 23.9 Å². The van der Waals surface area contributed by atoms with E-state index in [0.717, 1.165) is 10.7 Å². The predicted octanol–water partition coefficient (Wildman–Crippen LogP) is 4.01. The summed E-state index contributed by atoms with van der Waals surface area (Å²) in [7, 11) is 0. The van der Waals surface area contributed by atoms with Crippen LogP contribution in [0.1, 0.15) is 5.82 Å². The number of rotatable bonds is 5. The van der Waals surface area contributed by atoms with Gasteiger partial charge in [0, 0.05) is 5.56 Å². The van der Waals surface area contributed by atoms with E-state index in [1.54, 1.807) is 23.5 Å². The highest BCUT2D eigenvalue weighted by Crippen LogP contribution is 2.25. The molecule has 0 radical (unpaired) electrons. The number of nitrogens with one attached hydrogen (secondary N) is 1. The monoisotopic (exact) mass is 359 g/mol. The van der Waals surface area contributed by atoms with Gasteiger partial charge in [-0.3, -0.25) is 5.10 Å². The van der Waals surface area contributed by atoms with Crippen molar-refractivity contribution in [3.63, 3.8) is 0 Å². The highest BCUT2D eigenvalue weighted by atomic mass is 32.2. The number of H-pyrrole nitrogens is 1. The molecule has 0 fully saturated rings. The Kier molecular flexibility index (Phi) is 4.09. The molecule has 0 saturated heterocycles. The second kappa shape index (κ2) is 6.54. The standard InChI is InChI=1S/C15H10FN5OS2/c16-10-5-3-9(4-6-10)14-17-12(21-22-14)8-24-15-18-13(19-20-15)11-2-1-7-23-11/h1-7H,8H2,(H,18,19,20). The fourth-order valence-electron chi connectivity index (χ4n) is 1.99. The fourth-order valence-corrected chi connectivity index (χ4v) is 3.29. The van der Waals surface area contributed by atoms with Crippen LogP contribution in [-0.4, -0.2) is 25.3 Å². The van der Waals surface area contributed by atoms with Gasteiger partial charge in [-0.25, -0.2) is 9.37 Å². The molecular weight excluding hydrogens is 349 g/mol. The predicted molar refractivity (Wildman–Crippen MR) is 88.9 cm³/mol. The molecule has 0 unspecified atom stereocenters. The Morgan fingerprint density at radius 1 is 1.17 bits per heavy atom. The third-order valence-electron chi connectivity index (χ3n) is 3.11. The zero-order valence-electron chi connectivity index (χ0n) is 12.1. The molecule has 0 saturated carbocycles. The zero-order valence-corrected chi connectivity index (χ0v) is 13.8. The van der Waals surface area contributed by atoms with Gasteiger partial charge in [0.2, 0.25) is 5.16 Å². The number of thiophene rings is 1. The average Bonchev–Trinajstić information content (AvgIpc) is 3.34. The normalized spacial score (nSPS) is 11.0. The van der Waals surface area contributed by atoms with Gasteiger partial charge in [0.15, 0.2) is 11.6 Å². The van der Waals surface area contributed by atoms with Gasteiger partial charge >= 0.3 is 0 Å². The average molecular weight is 359 g/mol. The summed E-state index contributed by atoms with van der Waals surface area (Å²) in [6, 6.07) is 9.85. The van der Waals surface area contributed by atoms with Crippen LogP contribution in [0.15, 0.2) is 51.5 Å². The number of nitrogens with zero attached hydrogens (tertiary/aromatic N) is 4. The number of thioether (sulfide) groups is 1. The molecule has 1 N–H and O–H groups in total. The summed E-state index contributed by atoms with van der Waals surface area (Å²) in [4.78, 5) is 9.75. The number of aromatic nitrogens is 5. The lowest BCUT2D eigenvalue weighted by atomic mass is 10.2. The molecule has 4 rings (SSSR count). The van der Waals surface area contributed by atoms with E-state index in [-0.39, 0.29) is 5.82 Å². The minimum absolute atomic E-state index is 0.305. The van der Waals surface area contributed by atoms with Crippen molar-refractivity contribution in [1.29, 1.82) is 0 Å². The van der Waals surface area contributed by atoms with Crippen molar-refractivity contribution in [2.24, 2.45) is 0 Å². The Labute approximate surface area is 144 Å². The molecule has 0 atom stereocenters. The van der Waals surface area contributed by atoms with Crippen molar-refractivity contribution in [2.75, 3.05) is 0 Å². The second-order valence-corrected chi connectivity index (χ2v) is 6.65. The molecule has 0 aliphatic rings. The van der Waals surface area contributed by atoms with Crippen molar-refractivity contribution < 1.29 is 8.91 Å². The van der Waals surface area contributed by atoms with Gasteiger partial charge in [-0.05, 0) is 35.7 Å². The highest BCUT2D eigenvalue weighted by molar-refractivity contribution is 7.98. The maximum Gasteiger partial charge on any atom is 0.257 e. The molecule has 0 bridgehead atoms. The molecule has 3 heterocycles. The smallest absolute Gasteiger partial charge is 0.257 e. The summed E-state index contributed by atoms with van der Waals surface area (Å²) in [6.07, 6.45) is 0. The zero-order chi connectivity index (χ0) is 16.4. The van der Waals surface area contributed by atoms with Crippen LogP contribution in [0.4, 0.5) is 4.39 Å². The van der Waals surface area contributed by atoms with Crippen molar-refractivity contribution in [3.8, 4) is 22.2 Å². The summed E-state index contributed by atoms with van der Waals surface area (Å²) in [6.45, 7) is 0. The van der Waals surface area contributed by atoms with E-state index < -0.39 is 0 Å². The highest BCUT2D eigenvalue weighted by Gasteiger charge is 2.12. The van der Waals surface area contributed by atoms with E-state index >= 15 is 0 Å². The minimum atomic E-state index is -0.305. The van der Waals surface area contributed by atoms with E-state index in [0.29, 0.717) is 28.2 Å². The lowest BCUT2D eigenvalue weighted by molar-refractivity contribution is 0.425. The molecule has 4 aromatic rings. The Balaban J connectivity index is 1.42. The summed E-state index contributed by atoms with van der Waals surface area (Å²) >= 11 is 3.01. The van der Waals surface area contributed by atoms with Gasteiger partial charge < -0.3 is 4.52 Å². The first-order valence-electron chi connectivity index (χ1n) is 6.95. The summed E-state index contributed by atoms with van der Waals surface area (Å²) < 4.78 is 18.1. The lowest BCUT2D eigenvalue weighted by Gasteiger charge is -1.92. The van der Waals surface area contributed by atoms with Gasteiger partial charge in [-0.2, -0.15) is 4.98 Å². The Bertz CT molecular complexity index is 933. The number of halogens is 1. The minimum Gasteiger partial charge on any atom is -0.334 e. The van der Waals surface area contributed by atoms with Crippen molar-refractivity contribution >= 4 is 23.1 Å². The first-order chi connectivity index (χ1) is 11.8. The Morgan fingerprint density at radius 3 is 2.83 bits per heavy atom.